The van der Waals surface area contributed by atoms with Crippen molar-refractivity contribution < 1.29 is 14.3 Å². The van der Waals surface area contributed by atoms with Gasteiger partial charge < -0.3 is 19.9 Å². The summed E-state index contributed by atoms with van der Waals surface area (Å²) in [4.78, 5) is 26.0. The monoisotopic (exact) mass is 319 g/mol. The lowest BCUT2D eigenvalue weighted by Gasteiger charge is -2.32. The quantitative estimate of drug-likeness (QED) is 0.641. The summed E-state index contributed by atoms with van der Waals surface area (Å²) in [7, 11) is 0. The number of amides is 3. The molecule has 1 aliphatic rings. The number of carbonyl (C=O) groups excluding carboxylic acids is 2. The first-order valence-corrected chi connectivity index (χ1v) is 8.05. The minimum atomic E-state index is -0.102. The molecule has 0 unspecified atom stereocenters. The van der Waals surface area contributed by atoms with E-state index in [0.717, 1.165) is 12.2 Å². The first-order valence-electron chi connectivity index (χ1n) is 8.05. The summed E-state index contributed by atoms with van der Waals surface area (Å²) < 4.78 is 5.68. The number of benzene rings is 1. The van der Waals surface area contributed by atoms with Crippen molar-refractivity contribution in [2.24, 2.45) is 0 Å². The highest BCUT2D eigenvalue weighted by Crippen LogP contribution is 2.19. The fourth-order valence-electron chi connectivity index (χ4n) is 2.43. The maximum Gasteiger partial charge on any atom is 0.317 e. The van der Waals surface area contributed by atoms with Gasteiger partial charge in [-0.3, -0.25) is 4.79 Å². The van der Waals surface area contributed by atoms with E-state index in [1.165, 1.54) is 5.56 Å². The van der Waals surface area contributed by atoms with Crippen LogP contribution in [0.2, 0.25) is 0 Å². The van der Waals surface area contributed by atoms with Crippen LogP contribution in [-0.4, -0.2) is 61.6 Å². The van der Waals surface area contributed by atoms with Crippen LogP contribution in [0.1, 0.15) is 25.3 Å². The van der Waals surface area contributed by atoms with Crippen LogP contribution >= 0.6 is 0 Å². The Morgan fingerprint density at radius 1 is 1.30 bits per heavy atom. The Morgan fingerprint density at radius 3 is 2.70 bits per heavy atom. The SMILES string of the molecule is CC(C)c1cccc(OCCNC(=O)N2CCN(C=O)CC2)c1. The molecule has 1 saturated heterocycles. The van der Waals surface area contributed by atoms with E-state index >= 15 is 0 Å². The molecule has 0 bridgehead atoms. The number of urea groups is 1. The highest BCUT2D eigenvalue weighted by Gasteiger charge is 2.19. The van der Waals surface area contributed by atoms with E-state index in [-0.39, 0.29) is 6.03 Å². The lowest BCUT2D eigenvalue weighted by Crippen LogP contribution is -2.51. The van der Waals surface area contributed by atoms with Crippen LogP contribution in [0.5, 0.6) is 5.75 Å². The van der Waals surface area contributed by atoms with E-state index in [4.69, 9.17) is 4.74 Å². The average molecular weight is 319 g/mol. The van der Waals surface area contributed by atoms with Crippen LogP contribution in [0.25, 0.3) is 0 Å². The van der Waals surface area contributed by atoms with E-state index in [2.05, 4.69) is 25.2 Å². The zero-order valence-electron chi connectivity index (χ0n) is 13.8. The van der Waals surface area contributed by atoms with Gasteiger partial charge >= 0.3 is 6.03 Å². The zero-order valence-corrected chi connectivity index (χ0v) is 13.8. The first kappa shape index (κ1) is 17.1. The van der Waals surface area contributed by atoms with Crippen LogP contribution in [0, 0.1) is 0 Å². The van der Waals surface area contributed by atoms with Gasteiger partial charge in [0, 0.05) is 26.2 Å². The van der Waals surface area contributed by atoms with Gasteiger partial charge in [-0.05, 0) is 23.6 Å². The Morgan fingerprint density at radius 2 is 2.04 bits per heavy atom. The predicted molar refractivity (Wildman–Crippen MR) is 88.6 cm³/mol. The highest BCUT2D eigenvalue weighted by atomic mass is 16.5. The van der Waals surface area contributed by atoms with E-state index in [1.54, 1.807) is 9.80 Å². The third-order valence-corrected chi connectivity index (χ3v) is 3.92. The van der Waals surface area contributed by atoms with Crippen molar-refractivity contribution in [1.29, 1.82) is 0 Å². The second kappa shape index (κ2) is 8.41. The van der Waals surface area contributed by atoms with Crippen LogP contribution < -0.4 is 10.1 Å². The standard InChI is InChI=1S/C17H25N3O3/c1-14(2)15-4-3-5-16(12-15)23-11-6-18-17(22)20-9-7-19(13-21)8-10-20/h3-5,12-14H,6-11H2,1-2H3,(H,18,22). The van der Waals surface area contributed by atoms with Gasteiger partial charge in [0.1, 0.15) is 12.4 Å². The molecule has 126 valence electrons. The lowest BCUT2D eigenvalue weighted by atomic mass is 10.0. The molecule has 6 heteroatoms. The van der Waals surface area contributed by atoms with Crippen LogP contribution in [0.4, 0.5) is 4.79 Å². The second-order valence-corrected chi connectivity index (χ2v) is 5.94. The summed E-state index contributed by atoms with van der Waals surface area (Å²) in [6.07, 6.45) is 0.828. The lowest BCUT2D eigenvalue weighted by molar-refractivity contribution is -0.119. The first-order chi connectivity index (χ1) is 11.1. The predicted octanol–water partition coefficient (Wildman–Crippen LogP) is 1.67. The summed E-state index contributed by atoms with van der Waals surface area (Å²) >= 11 is 0. The van der Waals surface area contributed by atoms with Gasteiger partial charge in [0.05, 0.1) is 6.54 Å². The number of hydrogen-bond acceptors (Lipinski definition) is 3. The molecule has 1 heterocycles. The van der Waals surface area contributed by atoms with Crippen molar-refractivity contribution >= 4 is 12.4 Å². The molecule has 23 heavy (non-hydrogen) atoms. The van der Waals surface area contributed by atoms with Crippen molar-refractivity contribution in [2.75, 3.05) is 39.3 Å². The van der Waals surface area contributed by atoms with E-state index < -0.39 is 0 Å². The van der Waals surface area contributed by atoms with Gasteiger partial charge in [-0.15, -0.1) is 0 Å². The normalized spacial score (nSPS) is 14.7. The van der Waals surface area contributed by atoms with Crippen LogP contribution in [-0.2, 0) is 4.79 Å². The highest BCUT2D eigenvalue weighted by molar-refractivity contribution is 5.74. The molecule has 0 spiro atoms. The molecular weight excluding hydrogens is 294 g/mol. The topological polar surface area (TPSA) is 61.9 Å². The third kappa shape index (κ3) is 5.16. The molecule has 0 atom stereocenters. The van der Waals surface area contributed by atoms with Crippen LogP contribution in [0.3, 0.4) is 0 Å². The van der Waals surface area contributed by atoms with Gasteiger partial charge in [-0.2, -0.15) is 0 Å². The molecule has 1 aliphatic heterocycles. The van der Waals surface area contributed by atoms with Crippen molar-refractivity contribution in [3.05, 3.63) is 29.8 Å². The van der Waals surface area contributed by atoms with Gasteiger partial charge in [0.2, 0.25) is 6.41 Å². The number of piperazine rings is 1. The van der Waals surface area contributed by atoms with Gasteiger partial charge in [0.25, 0.3) is 0 Å². The summed E-state index contributed by atoms with van der Waals surface area (Å²) in [5.41, 5.74) is 1.24. The molecule has 0 radical (unpaired) electrons. The maximum atomic E-state index is 12.0. The van der Waals surface area contributed by atoms with Gasteiger partial charge in [0.15, 0.2) is 0 Å². The molecule has 1 aromatic rings. The Kier molecular flexibility index (Phi) is 6.26. The fraction of sp³-hybridized carbons (Fsp3) is 0.529. The summed E-state index contributed by atoms with van der Waals surface area (Å²) in [6.45, 7) is 7.50. The summed E-state index contributed by atoms with van der Waals surface area (Å²) in [5.74, 6) is 1.29. The Labute approximate surface area is 137 Å². The molecule has 1 fully saturated rings. The number of carbonyl (C=O) groups is 2. The number of nitrogens with one attached hydrogen (secondary N) is 1. The average Bonchev–Trinajstić information content (AvgIpc) is 2.59. The van der Waals surface area contributed by atoms with Crippen molar-refractivity contribution in [3.8, 4) is 5.75 Å². The Hall–Kier alpha value is -2.24. The second-order valence-electron chi connectivity index (χ2n) is 5.94. The molecule has 2 rings (SSSR count). The molecule has 0 aliphatic carbocycles. The van der Waals surface area contributed by atoms with Crippen molar-refractivity contribution in [2.45, 2.75) is 19.8 Å². The van der Waals surface area contributed by atoms with Crippen molar-refractivity contribution in [1.82, 2.24) is 15.1 Å². The molecule has 6 nitrogen and oxygen atoms in total. The molecule has 3 amide bonds. The number of rotatable bonds is 6. The third-order valence-electron chi connectivity index (χ3n) is 3.92. The molecular formula is C17H25N3O3. The number of hydrogen-bond donors (Lipinski definition) is 1. The number of ether oxygens (including phenoxy) is 1. The van der Waals surface area contributed by atoms with E-state index in [0.29, 0.717) is 45.2 Å². The largest absolute Gasteiger partial charge is 0.492 e. The van der Waals surface area contributed by atoms with Gasteiger partial charge in [-0.1, -0.05) is 26.0 Å². The fourth-order valence-corrected chi connectivity index (χ4v) is 2.43. The van der Waals surface area contributed by atoms with E-state index in [1.807, 2.05) is 18.2 Å². The van der Waals surface area contributed by atoms with Crippen LogP contribution in [0.15, 0.2) is 24.3 Å². The maximum absolute atomic E-state index is 12.0. The van der Waals surface area contributed by atoms with Gasteiger partial charge in [-0.25, -0.2) is 4.79 Å². The van der Waals surface area contributed by atoms with E-state index in [9.17, 15) is 9.59 Å². The minimum absolute atomic E-state index is 0.102. The molecule has 1 aromatic carbocycles. The summed E-state index contributed by atoms with van der Waals surface area (Å²) in [5, 5.41) is 2.85. The molecule has 0 aromatic heterocycles. The minimum Gasteiger partial charge on any atom is -0.492 e. The Bertz CT molecular complexity index is 526. The number of nitrogens with zero attached hydrogens (tertiary/aromatic N) is 2. The smallest absolute Gasteiger partial charge is 0.317 e. The zero-order chi connectivity index (χ0) is 16.7. The summed E-state index contributed by atoms with van der Waals surface area (Å²) in [6, 6.07) is 7.92. The molecule has 1 N–H and O–H groups in total. The van der Waals surface area contributed by atoms with Crippen molar-refractivity contribution in [3.63, 3.8) is 0 Å². The Balaban J connectivity index is 1.68. The molecule has 0 saturated carbocycles.